The van der Waals surface area contributed by atoms with Gasteiger partial charge in [0.15, 0.2) is 23.0 Å². The van der Waals surface area contributed by atoms with Gasteiger partial charge in [-0.1, -0.05) is 12.1 Å². The van der Waals surface area contributed by atoms with E-state index in [2.05, 4.69) is 30.7 Å². The van der Waals surface area contributed by atoms with E-state index in [1.54, 1.807) is 31.4 Å². The van der Waals surface area contributed by atoms with Gasteiger partial charge in [-0.05, 0) is 17.7 Å². The minimum absolute atomic E-state index is 0.00931. The SMILES string of the molecule is [2H]C([2H])([2H])N(Cc1ccc(OC)cc1)c1cc(Nc2nccnc2OC)nn2c(C(=O)N[C@@H]3C[C@@H]3F)cnc12. The summed E-state index contributed by atoms with van der Waals surface area (Å²) in [5.41, 5.74) is 0.989. The van der Waals surface area contributed by atoms with Crippen LogP contribution in [0.25, 0.3) is 5.65 Å². The third-order valence-electron chi connectivity index (χ3n) is 5.60. The van der Waals surface area contributed by atoms with Gasteiger partial charge in [0.25, 0.3) is 11.8 Å². The van der Waals surface area contributed by atoms with Gasteiger partial charge in [0.05, 0.1) is 32.1 Å². The minimum Gasteiger partial charge on any atom is -0.497 e. The zero-order valence-electron chi connectivity index (χ0n) is 22.5. The summed E-state index contributed by atoms with van der Waals surface area (Å²) in [5, 5.41) is 10.0. The number of alkyl halides is 1. The number of ether oxygens (including phenoxy) is 2. The number of amides is 1. The predicted octanol–water partition coefficient (Wildman–Crippen LogP) is 2.76. The van der Waals surface area contributed by atoms with Crippen LogP contribution in [0.3, 0.4) is 0 Å². The third-order valence-corrected chi connectivity index (χ3v) is 5.60. The van der Waals surface area contributed by atoms with Gasteiger partial charge in [-0.15, -0.1) is 5.10 Å². The van der Waals surface area contributed by atoms with Crippen molar-refractivity contribution in [2.45, 2.75) is 25.2 Å². The molecule has 1 aliphatic rings. The largest absolute Gasteiger partial charge is 0.497 e. The first-order valence-corrected chi connectivity index (χ1v) is 11.0. The summed E-state index contributed by atoms with van der Waals surface area (Å²) in [6.07, 6.45) is 3.30. The highest BCUT2D eigenvalue weighted by Crippen LogP contribution is 2.29. The Morgan fingerprint density at radius 3 is 2.69 bits per heavy atom. The average molecular weight is 496 g/mol. The molecule has 36 heavy (non-hydrogen) atoms. The molecule has 2 atom stereocenters. The van der Waals surface area contributed by atoms with E-state index in [1.807, 2.05) is 0 Å². The molecule has 11 nitrogen and oxygen atoms in total. The van der Waals surface area contributed by atoms with Crippen LogP contribution in [0.1, 0.15) is 26.6 Å². The van der Waals surface area contributed by atoms with Gasteiger partial charge in [-0.25, -0.2) is 23.9 Å². The Balaban J connectivity index is 1.61. The molecule has 12 heteroatoms. The number of nitrogens with one attached hydrogen (secondary N) is 2. The van der Waals surface area contributed by atoms with Crippen molar-refractivity contribution < 1.29 is 22.8 Å². The molecule has 0 spiro atoms. The maximum absolute atomic E-state index is 13.5. The summed E-state index contributed by atoms with van der Waals surface area (Å²) >= 11 is 0. The van der Waals surface area contributed by atoms with E-state index in [1.165, 1.54) is 41.2 Å². The van der Waals surface area contributed by atoms with E-state index in [9.17, 15) is 9.18 Å². The predicted molar refractivity (Wildman–Crippen MR) is 131 cm³/mol. The quantitative estimate of drug-likeness (QED) is 0.361. The summed E-state index contributed by atoms with van der Waals surface area (Å²) in [4.78, 5) is 26.8. The second-order valence-corrected chi connectivity index (χ2v) is 8.10. The van der Waals surface area contributed by atoms with Gasteiger partial charge in [0, 0.05) is 42.5 Å². The number of benzene rings is 1. The fourth-order valence-corrected chi connectivity index (χ4v) is 3.60. The van der Waals surface area contributed by atoms with Gasteiger partial charge < -0.3 is 25.0 Å². The molecule has 0 unspecified atom stereocenters. The van der Waals surface area contributed by atoms with Crippen LogP contribution in [-0.2, 0) is 6.54 Å². The van der Waals surface area contributed by atoms with Crippen LogP contribution >= 0.6 is 0 Å². The molecule has 1 aliphatic carbocycles. The van der Waals surface area contributed by atoms with E-state index in [-0.39, 0.29) is 47.5 Å². The summed E-state index contributed by atoms with van der Waals surface area (Å²) in [6, 6.07) is 7.89. The van der Waals surface area contributed by atoms with Crippen molar-refractivity contribution in [3.05, 3.63) is 60.2 Å². The lowest BCUT2D eigenvalue weighted by atomic mass is 10.2. The molecule has 5 rings (SSSR count). The number of halogens is 1. The molecular formula is C24H25FN8O3. The molecule has 0 radical (unpaired) electrons. The molecule has 1 fully saturated rings. The first kappa shape index (κ1) is 19.8. The first-order chi connectivity index (χ1) is 18.7. The van der Waals surface area contributed by atoms with Gasteiger partial charge in [0.2, 0.25) is 0 Å². The molecule has 1 amide bonds. The van der Waals surface area contributed by atoms with Crippen LogP contribution in [-0.4, -0.2) is 63.9 Å². The van der Waals surface area contributed by atoms with E-state index < -0.39 is 25.1 Å². The number of imidazole rings is 1. The molecule has 3 heterocycles. The normalized spacial score (nSPS) is 18.0. The molecule has 1 saturated carbocycles. The summed E-state index contributed by atoms with van der Waals surface area (Å²) in [6.45, 7) is -2.62. The second-order valence-electron chi connectivity index (χ2n) is 8.10. The third kappa shape index (κ3) is 4.69. The van der Waals surface area contributed by atoms with Crippen molar-refractivity contribution >= 4 is 28.9 Å². The van der Waals surface area contributed by atoms with Crippen LogP contribution in [0.5, 0.6) is 11.6 Å². The number of aromatic nitrogens is 5. The van der Waals surface area contributed by atoms with Crippen molar-refractivity contribution in [3.8, 4) is 11.6 Å². The number of hydrogen-bond acceptors (Lipinski definition) is 9. The number of hydrogen-bond donors (Lipinski definition) is 2. The topological polar surface area (TPSA) is 119 Å². The fourth-order valence-electron chi connectivity index (χ4n) is 3.60. The van der Waals surface area contributed by atoms with E-state index >= 15 is 0 Å². The van der Waals surface area contributed by atoms with Crippen molar-refractivity contribution in [2.75, 3.05) is 31.4 Å². The molecule has 0 saturated heterocycles. The summed E-state index contributed by atoms with van der Waals surface area (Å²) in [7, 11) is 2.97. The van der Waals surface area contributed by atoms with E-state index in [0.29, 0.717) is 11.3 Å². The highest BCUT2D eigenvalue weighted by atomic mass is 19.1. The van der Waals surface area contributed by atoms with Crippen molar-refractivity contribution in [1.29, 1.82) is 0 Å². The van der Waals surface area contributed by atoms with Crippen molar-refractivity contribution in [1.82, 2.24) is 29.9 Å². The first-order valence-electron chi connectivity index (χ1n) is 12.5. The molecule has 1 aromatic carbocycles. The number of carbonyl (C=O) groups is 1. The maximum atomic E-state index is 13.5. The molecule has 0 bridgehead atoms. The smallest absolute Gasteiger partial charge is 0.271 e. The molecule has 3 aromatic heterocycles. The zero-order chi connectivity index (χ0) is 27.7. The highest BCUT2D eigenvalue weighted by molar-refractivity contribution is 5.94. The Bertz CT molecular complexity index is 1500. The van der Waals surface area contributed by atoms with Crippen molar-refractivity contribution in [3.63, 3.8) is 0 Å². The lowest BCUT2D eigenvalue weighted by Crippen LogP contribution is -2.28. The lowest BCUT2D eigenvalue weighted by molar-refractivity contribution is 0.0940. The van der Waals surface area contributed by atoms with E-state index in [4.69, 9.17) is 13.6 Å². The number of methoxy groups -OCH3 is 2. The maximum Gasteiger partial charge on any atom is 0.271 e. The summed E-state index contributed by atoms with van der Waals surface area (Å²) < 4.78 is 50.0. The fraction of sp³-hybridized carbons (Fsp3) is 0.292. The number of nitrogens with zero attached hydrogens (tertiary/aromatic N) is 6. The van der Waals surface area contributed by atoms with Crippen molar-refractivity contribution in [2.24, 2.45) is 0 Å². The Labute approximate surface area is 210 Å². The van der Waals surface area contributed by atoms with Gasteiger partial charge >= 0.3 is 0 Å². The minimum atomic E-state index is -2.60. The highest BCUT2D eigenvalue weighted by Gasteiger charge is 2.39. The molecule has 2 N–H and O–H groups in total. The Kier molecular flexibility index (Phi) is 5.30. The van der Waals surface area contributed by atoms with Gasteiger partial charge in [-0.3, -0.25) is 4.79 Å². The molecule has 186 valence electrons. The second kappa shape index (κ2) is 9.64. The zero-order valence-corrected chi connectivity index (χ0v) is 19.5. The number of carbonyl (C=O) groups excluding carboxylic acids is 1. The number of anilines is 3. The van der Waals surface area contributed by atoms with Gasteiger partial charge in [0.1, 0.15) is 11.9 Å². The Morgan fingerprint density at radius 2 is 2.00 bits per heavy atom. The van der Waals surface area contributed by atoms with Gasteiger partial charge in [-0.2, -0.15) is 0 Å². The monoisotopic (exact) mass is 495 g/mol. The molecule has 4 aromatic rings. The summed E-state index contributed by atoms with van der Waals surface area (Å²) in [5.74, 6) is 0.582. The standard InChI is InChI=1S/C24H25FN8O3/c1-32(13-14-4-6-15(35-2)7-5-14)18-11-20(30-21-24(36-3)27-9-8-26-21)31-33-19(12-28-22(18)33)23(34)29-17-10-16(17)25/h4-9,11-12,16-17H,10,13H2,1-3H3,(H,29,34)(H,26,30,31)/t16-,17+/m0/s1/i1D3. The average Bonchev–Trinajstić information content (AvgIpc) is 3.43. The van der Waals surface area contributed by atoms with Crippen LogP contribution in [0.15, 0.2) is 48.9 Å². The lowest BCUT2D eigenvalue weighted by Gasteiger charge is -2.21. The Morgan fingerprint density at radius 1 is 1.22 bits per heavy atom. The molecular weight excluding hydrogens is 467 g/mol. The van der Waals surface area contributed by atoms with Crippen LogP contribution in [0.4, 0.5) is 21.7 Å². The molecule has 0 aliphatic heterocycles. The van der Waals surface area contributed by atoms with Crippen LogP contribution in [0, 0.1) is 0 Å². The van der Waals surface area contributed by atoms with Crippen LogP contribution < -0.4 is 25.0 Å². The van der Waals surface area contributed by atoms with Crippen LogP contribution in [0.2, 0.25) is 0 Å². The Hall–Kier alpha value is -4.48. The van der Waals surface area contributed by atoms with E-state index in [0.717, 1.165) is 0 Å². The number of fused-ring (bicyclic) bond motifs is 1. The number of rotatable bonds is 9.